The first-order valence-electron chi connectivity index (χ1n) is 9.91. The van der Waals surface area contributed by atoms with Crippen LogP contribution in [0.25, 0.3) is 0 Å². The Morgan fingerprint density at radius 2 is 1.63 bits per heavy atom. The Bertz CT molecular complexity index is 874. The fourth-order valence-corrected chi connectivity index (χ4v) is 4.67. The van der Waals surface area contributed by atoms with Crippen molar-refractivity contribution in [3.8, 4) is 0 Å². The van der Waals surface area contributed by atoms with Gasteiger partial charge in [0.2, 0.25) is 0 Å². The lowest BCUT2D eigenvalue weighted by Crippen LogP contribution is -2.35. The van der Waals surface area contributed by atoms with Crippen molar-refractivity contribution in [3.05, 3.63) is 69.8 Å². The summed E-state index contributed by atoms with van der Waals surface area (Å²) in [6, 6.07) is 12.5. The van der Waals surface area contributed by atoms with Gasteiger partial charge in [-0.3, -0.25) is 0 Å². The maximum Gasteiger partial charge on any atom is 0.338 e. The molecule has 0 heterocycles. The summed E-state index contributed by atoms with van der Waals surface area (Å²) < 4.78 is 5.03. The Balaban J connectivity index is 2.25. The van der Waals surface area contributed by atoms with Crippen LogP contribution in [0.2, 0.25) is 0 Å². The maximum absolute atomic E-state index is 12.3. The zero-order valence-electron chi connectivity index (χ0n) is 17.8. The first kappa shape index (κ1) is 19.7. The van der Waals surface area contributed by atoms with Gasteiger partial charge in [-0.1, -0.05) is 70.5 Å². The van der Waals surface area contributed by atoms with Crippen LogP contribution in [0.3, 0.4) is 0 Å². The third-order valence-electron chi connectivity index (χ3n) is 6.39. The van der Waals surface area contributed by atoms with Crippen molar-refractivity contribution in [3.63, 3.8) is 0 Å². The zero-order valence-corrected chi connectivity index (χ0v) is 17.8. The number of benzene rings is 2. The fourth-order valence-electron chi connectivity index (χ4n) is 4.67. The molecule has 0 aliphatic heterocycles. The van der Waals surface area contributed by atoms with Gasteiger partial charge in [0.05, 0.1) is 12.7 Å². The lowest BCUT2D eigenvalue weighted by atomic mass is 9.60. The topological polar surface area (TPSA) is 26.3 Å². The molecule has 144 valence electrons. The Morgan fingerprint density at radius 3 is 2.30 bits per heavy atom. The first-order valence-corrected chi connectivity index (χ1v) is 9.91. The number of hydrogen-bond donors (Lipinski definition) is 0. The summed E-state index contributed by atoms with van der Waals surface area (Å²) in [6.07, 6.45) is 2.37. The van der Waals surface area contributed by atoms with E-state index >= 15 is 0 Å². The molecular formula is C25H32O2. The minimum Gasteiger partial charge on any atom is -0.465 e. The van der Waals surface area contributed by atoms with Crippen molar-refractivity contribution in [2.75, 3.05) is 7.11 Å². The van der Waals surface area contributed by atoms with E-state index in [1.165, 1.54) is 42.2 Å². The van der Waals surface area contributed by atoms with Gasteiger partial charge in [-0.25, -0.2) is 4.79 Å². The molecule has 0 N–H and O–H groups in total. The second-order valence-electron chi connectivity index (χ2n) is 9.34. The van der Waals surface area contributed by atoms with Crippen molar-refractivity contribution in [1.82, 2.24) is 0 Å². The first-order chi connectivity index (χ1) is 12.6. The van der Waals surface area contributed by atoms with E-state index in [2.05, 4.69) is 59.7 Å². The van der Waals surface area contributed by atoms with Crippen LogP contribution in [-0.4, -0.2) is 13.1 Å². The van der Waals surface area contributed by atoms with E-state index in [0.29, 0.717) is 5.56 Å². The van der Waals surface area contributed by atoms with Crippen LogP contribution in [0.15, 0.2) is 36.4 Å². The molecule has 1 unspecified atom stereocenters. The summed E-state index contributed by atoms with van der Waals surface area (Å²) in [5, 5.41) is 0. The number of hydrogen-bond acceptors (Lipinski definition) is 2. The van der Waals surface area contributed by atoms with Gasteiger partial charge < -0.3 is 4.74 Å². The molecule has 1 aliphatic rings. The van der Waals surface area contributed by atoms with Gasteiger partial charge in [0, 0.05) is 5.92 Å². The second-order valence-corrected chi connectivity index (χ2v) is 9.34. The number of aryl methyl sites for hydroxylation is 1. The van der Waals surface area contributed by atoms with Crippen LogP contribution < -0.4 is 0 Å². The normalized spacial score (nSPS) is 18.5. The molecule has 2 nitrogen and oxygen atoms in total. The van der Waals surface area contributed by atoms with Crippen LogP contribution in [0.5, 0.6) is 0 Å². The summed E-state index contributed by atoms with van der Waals surface area (Å²) in [5.74, 6) is -0.138. The molecule has 1 aliphatic carbocycles. The van der Waals surface area contributed by atoms with E-state index in [0.717, 1.165) is 5.56 Å². The Kier molecular flexibility index (Phi) is 4.96. The molecule has 0 radical (unpaired) electrons. The number of fused-ring (bicyclic) bond motifs is 1. The van der Waals surface area contributed by atoms with Gasteiger partial charge in [0.25, 0.3) is 0 Å². The number of ether oxygens (including phenoxy) is 1. The number of carbonyl (C=O) groups excluding carboxylic acids is 1. The smallest absolute Gasteiger partial charge is 0.338 e. The van der Waals surface area contributed by atoms with E-state index in [-0.39, 0.29) is 22.7 Å². The van der Waals surface area contributed by atoms with Crippen LogP contribution in [-0.2, 0) is 15.6 Å². The van der Waals surface area contributed by atoms with Gasteiger partial charge in [-0.2, -0.15) is 0 Å². The minimum absolute atomic E-state index is 0.127. The lowest BCUT2D eigenvalue weighted by molar-refractivity contribution is 0.0599. The van der Waals surface area contributed by atoms with E-state index in [4.69, 9.17) is 4.74 Å². The molecule has 2 aromatic rings. The average molecular weight is 365 g/mol. The third-order valence-corrected chi connectivity index (χ3v) is 6.39. The Labute approximate surface area is 164 Å². The summed E-state index contributed by atoms with van der Waals surface area (Å²) in [5.41, 5.74) is 7.57. The molecular weight excluding hydrogens is 332 g/mol. The molecule has 3 rings (SSSR count). The number of carbonyl (C=O) groups is 1. The number of rotatable bonds is 3. The molecule has 2 aromatic carbocycles. The van der Waals surface area contributed by atoms with Crippen LogP contribution in [0.4, 0.5) is 0 Å². The molecule has 0 aromatic heterocycles. The van der Waals surface area contributed by atoms with Gasteiger partial charge in [-0.05, 0) is 58.9 Å². The van der Waals surface area contributed by atoms with Gasteiger partial charge in [-0.15, -0.1) is 0 Å². The van der Waals surface area contributed by atoms with Gasteiger partial charge in [0.15, 0.2) is 0 Å². The van der Waals surface area contributed by atoms with Gasteiger partial charge >= 0.3 is 5.97 Å². The summed E-state index contributed by atoms with van der Waals surface area (Å²) in [4.78, 5) is 12.3. The Hall–Kier alpha value is -2.09. The number of methoxy groups -OCH3 is 1. The minimum atomic E-state index is -0.265. The molecule has 0 spiro atoms. The fraction of sp³-hybridized carbons (Fsp3) is 0.480. The molecule has 1 atom stereocenters. The van der Waals surface area contributed by atoms with E-state index in [1.54, 1.807) is 0 Å². The van der Waals surface area contributed by atoms with Crippen molar-refractivity contribution >= 4 is 5.97 Å². The van der Waals surface area contributed by atoms with Gasteiger partial charge in [0.1, 0.15) is 0 Å². The standard InChI is InChI=1S/C25H32O2/c1-16-14-20(17(2)18-10-8-9-11-19(18)23(26)27-7)22-21(15-16)24(3,4)12-13-25(22,5)6/h8-11,14-15,17H,12-13H2,1-7H3. The lowest BCUT2D eigenvalue weighted by Gasteiger charge is -2.44. The van der Waals surface area contributed by atoms with Crippen molar-refractivity contribution in [2.45, 2.75) is 71.1 Å². The molecule has 0 saturated heterocycles. The highest BCUT2D eigenvalue weighted by Crippen LogP contribution is 2.49. The van der Waals surface area contributed by atoms with Crippen molar-refractivity contribution < 1.29 is 9.53 Å². The molecule has 2 heteroatoms. The van der Waals surface area contributed by atoms with E-state index in [1.807, 2.05) is 18.2 Å². The highest BCUT2D eigenvalue weighted by Gasteiger charge is 2.39. The largest absolute Gasteiger partial charge is 0.465 e. The van der Waals surface area contributed by atoms with Crippen LogP contribution >= 0.6 is 0 Å². The predicted octanol–water partition coefficient (Wildman–Crippen LogP) is 6.28. The quantitative estimate of drug-likeness (QED) is 0.599. The maximum atomic E-state index is 12.3. The number of esters is 1. The summed E-state index contributed by atoms with van der Waals surface area (Å²) in [7, 11) is 1.45. The molecule has 0 saturated carbocycles. The SMILES string of the molecule is COC(=O)c1ccccc1C(C)c1cc(C)cc2c1C(C)(C)CCC2(C)C. The Morgan fingerprint density at radius 1 is 1.00 bits per heavy atom. The van der Waals surface area contributed by atoms with Crippen molar-refractivity contribution in [2.24, 2.45) is 0 Å². The van der Waals surface area contributed by atoms with Crippen LogP contribution in [0, 0.1) is 6.92 Å². The monoisotopic (exact) mass is 364 g/mol. The predicted molar refractivity (Wildman–Crippen MR) is 112 cm³/mol. The van der Waals surface area contributed by atoms with E-state index < -0.39 is 0 Å². The summed E-state index contributed by atoms with van der Waals surface area (Å²) >= 11 is 0. The molecule has 0 bridgehead atoms. The average Bonchev–Trinajstić information content (AvgIpc) is 2.63. The highest BCUT2D eigenvalue weighted by molar-refractivity contribution is 5.91. The highest BCUT2D eigenvalue weighted by atomic mass is 16.5. The molecule has 0 amide bonds. The van der Waals surface area contributed by atoms with Crippen molar-refractivity contribution in [1.29, 1.82) is 0 Å². The van der Waals surface area contributed by atoms with E-state index in [9.17, 15) is 4.79 Å². The summed E-state index contributed by atoms with van der Waals surface area (Å²) in [6.45, 7) is 13.8. The third kappa shape index (κ3) is 3.42. The second kappa shape index (κ2) is 6.82. The molecule has 27 heavy (non-hydrogen) atoms. The molecule has 0 fully saturated rings. The van der Waals surface area contributed by atoms with Crippen LogP contribution in [0.1, 0.15) is 91.6 Å². The zero-order chi connectivity index (χ0) is 20.0.